The number of phenols is 1. The predicted molar refractivity (Wildman–Crippen MR) is 97.7 cm³/mol. The third-order valence-electron chi connectivity index (χ3n) is 5.61. The molecule has 3 atom stereocenters. The zero-order valence-electron chi connectivity index (χ0n) is 15.5. The molecule has 3 amide bonds. The van der Waals surface area contributed by atoms with Crippen molar-refractivity contribution in [3.05, 3.63) is 35.5 Å². The van der Waals surface area contributed by atoms with Crippen LogP contribution in [-0.2, 0) is 19.1 Å². The third-order valence-corrected chi connectivity index (χ3v) is 5.61. The monoisotopic (exact) mass is 401 g/mol. The normalized spacial score (nSPS) is 24.7. The first kappa shape index (κ1) is 18.8. The molecule has 3 heterocycles. The van der Waals surface area contributed by atoms with Crippen molar-refractivity contribution in [1.82, 2.24) is 9.80 Å². The highest BCUT2D eigenvalue weighted by molar-refractivity contribution is 6.04. The quantitative estimate of drug-likeness (QED) is 0.384. The summed E-state index contributed by atoms with van der Waals surface area (Å²) < 4.78 is 4.64. The summed E-state index contributed by atoms with van der Waals surface area (Å²) in [6, 6.07) is 4.30. The molecule has 4 rings (SSSR count). The lowest BCUT2D eigenvalue weighted by Crippen LogP contribution is -2.69. The van der Waals surface area contributed by atoms with Crippen molar-refractivity contribution in [3.8, 4) is 5.75 Å². The molecule has 152 valence electrons. The summed E-state index contributed by atoms with van der Waals surface area (Å²) in [4.78, 5) is 51.5. The van der Waals surface area contributed by atoms with Crippen LogP contribution in [-0.4, -0.2) is 69.6 Å². The van der Waals surface area contributed by atoms with E-state index in [1.54, 1.807) is 0 Å². The summed E-state index contributed by atoms with van der Waals surface area (Å²) in [5.74, 6) is -2.43. The number of carbonyl (C=O) groups excluding carboxylic acids is 3. The number of hydrogen-bond donors (Lipinski definition) is 3. The van der Waals surface area contributed by atoms with Gasteiger partial charge in [0.2, 0.25) is 0 Å². The standard InChI is InChI=1S/C19H19N3O7/c1-29-13(24)7-9-6-10-8-21(19(28)20-11-2-4-12(23)5-3-11)16-14(10)22(17(16)25)15(9)18(26)27/h2-5,10,14,16,23H,6-8H2,1H3,(H,20,28)(H,26,27)/t10-,14-,16+/m1/s1. The van der Waals surface area contributed by atoms with Crippen LogP contribution >= 0.6 is 0 Å². The fourth-order valence-electron chi connectivity index (χ4n) is 4.39. The van der Waals surface area contributed by atoms with E-state index in [2.05, 4.69) is 10.1 Å². The number of benzene rings is 1. The minimum atomic E-state index is -1.28. The highest BCUT2D eigenvalue weighted by Gasteiger charge is 2.64. The molecule has 1 aromatic carbocycles. The number of nitrogens with one attached hydrogen (secondary N) is 1. The number of amides is 3. The van der Waals surface area contributed by atoms with Gasteiger partial charge in [0.15, 0.2) is 0 Å². The van der Waals surface area contributed by atoms with Crippen LogP contribution in [0.4, 0.5) is 10.5 Å². The van der Waals surface area contributed by atoms with Gasteiger partial charge < -0.3 is 25.2 Å². The number of phenolic OH excluding ortho intramolecular Hbond substituents is 1. The topological polar surface area (TPSA) is 136 Å². The number of esters is 1. The average Bonchev–Trinajstić information content (AvgIpc) is 3.05. The number of methoxy groups -OCH3 is 1. The average molecular weight is 401 g/mol. The van der Waals surface area contributed by atoms with Crippen LogP contribution in [0.5, 0.6) is 5.75 Å². The maximum atomic E-state index is 12.7. The first-order valence-electron chi connectivity index (χ1n) is 9.03. The van der Waals surface area contributed by atoms with E-state index in [1.807, 2.05) is 0 Å². The fraction of sp³-hybridized carbons (Fsp3) is 0.368. The number of hydrogen-bond acceptors (Lipinski definition) is 6. The Hall–Kier alpha value is -3.56. The lowest BCUT2D eigenvalue weighted by molar-refractivity contribution is -0.156. The molecule has 0 bridgehead atoms. The second-order valence-corrected chi connectivity index (χ2v) is 7.25. The van der Waals surface area contributed by atoms with Gasteiger partial charge in [0, 0.05) is 18.2 Å². The molecule has 0 aromatic heterocycles. The van der Waals surface area contributed by atoms with Gasteiger partial charge in [-0.15, -0.1) is 0 Å². The Morgan fingerprint density at radius 3 is 2.55 bits per heavy atom. The summed E-state index contributed by atoms with van der Waals surface area (Å²) in [5.41, 5.74) is 0.610. The van der Waals surface area contributed by atoms with Crippen molar-refractivity contribution in [2.75, 3.05) is 19.0 Å². The molecular weight excluding hydrogens is 382 g/mol. The summed E-state index contributed by atoms with van der Waals surface area (Å²) in [5, 5.41) is 21.6. The Morgan fingerprint density at radius 1 is 1.24 bits per heavy atom. The SMILES string of the molecule is COC(=O)CC1=C(C(=O)O)N2C(=O)[C@@H]3[C@H]2[C@H](C1)CN3C(=O)Nc1ccc(O)cc1. The first-order chi connectivity index (χ1) is 13.8. The maximum Gasteiger partial charge on any atom is 0.352 e. The van der Waals surface area contributed by atoms with Gasteiger partial charge in [0.05, 0.1) is 19.6 Å². The highest BCUT2D eigenvalue weighted by Crippen LogP contribution is 2.47. The van der Waals surface area contributed by atoms with Crippen LogP contribution in [0.15, 0.2) is 35.5 Å². The molecule has 10 heteroatoms. The van der Waals surface area contributed by atoms with E-state index in [1.165, 1.54) is 41.2 Å². The van der Waals surface area contributed by atoms with E-state index < -0.39 is 36.0 Å². The van der Waals surface area contributed by atoms with Gasteiger partial charge in [0.25, 0.3) is 5.91 Å². The van der Waals surface area contributed by atoms with E-state index in [0.717, 1.165) is 0 Å². The van der Waals surface area contributed by atoms with Crippen LogP contribution < -0.4 is 5.32 Å². The first-order valence-corrected chi connectivity index (χ1v) is 9.03. The van der Waals surface area contributed by atoms with Gasteiger partial charge in [0.1, 0.15) is 17.5 Å². The van der Waals surface area contributed by atoms with Gasteiger partial charge in [-0.2, -0.15) is 0 Å². The van der Waals surface area contributed by atoms with E-state index in [-0.39, 0.29) is 30.3 Å². The Morgan fingerprint density at radius 2 is 1.93 bits per heavy atom. The number of carboxylic acid groups (broad SMARTS) is 1. The van der Waals surface area contributed by atoms with Crippen molar-refractivity contribution in [2.24, 2.45) is 5.92 Å². The molecule has 0 unspecified atom stereocenters. The number of aliphatic carboxylic acids is 1. The Bertz CT molecular complexity index is 940. The van der Waals surface area contributed by atoms with Crippen molar-refractivity contribution in [3.63, 3.8) is 0 Å². The van der Waals surface area contributed by atoms with Crippen LogP contribution in [0.3, 0.4) is 0 Å². The minimum absolute atomic E-state index is 0.0606. The molecule has 3 N–H and O–H groups in total. The number of nitrogens with zero attached hydrogens (tertiary/aromatic N) is 2. The molecule has 3 aliphatic heterocycles. The minimum Gasteiger partial charge on any atom is -0.508 e. The zero-order valence-corrected chi connectivity index (χ0v) is 15.5. The maximum absolute atomic E-state index is 12.7. The van der Waals surface area contributed by atoms with Crippen LogP contribution in [0.25, 0.3) is 0 Å². The van der Waals surface area contributed by atoms with Gasteiger partial charge in [-0.25, -0.2) is 9.59 Å². The van der Waals surface area contributed by atoms with Crippen molar-refractivity contribution >= 4 is 29.6 Å². The highest BCUT2D eigenvalue weighted by atomic mass is 16.5. The van der Waals surface area contributed by atoms with E-state index >= 15 is 0 Å². The summed E-state index contributed by atoms with van der Waals surface area (Å²) >= 11 is 0. The lowest BCUT2D eigenvalue weighted by Gasteiger charge is -2.49. The van der Waals surface area contributed by atoms with Gasteiger partial charge >= 0.3 is 18.0 Å². The molecule has 0 aliphatic carbocycles. The Balaban J connectivity index is 1.56. The predicted octanol–water partition coefficient (Wildman–Crippen LogP) is 0.741. The van der Waals surface area contributed by atoms with E-state index in [4.69, 9.17) is 0 Å². The molecule has 10 nitrogen and oxygen atoms in total. The number of carbonyl (C=O) groups is 4. The fourth-order valence-corrected chi connectivity index (χ4v) is 4.39. The molecule has 0 spiro atoms. The molecular formula is C19H19N3O7. The van der Waals surface area contributed by atoms with Gasteiger partial charge in [-0.3, -0.25) is 14.5 Å². The molecule has 2 saturated heterocycles. The number of urea groups is 1. The smallest absolute Gasteiger partial charge is 0.352 e. The largest absolute Gasteiger partial charge is 0.508 e. The third kappa shape index (κ3) is 2.96. The van der Waals surface area contributed by atoms with Crippen LogP contribution in [0.2, 0.25) is 0 Å². The number of aromatic hydroxyl groups is 1. The van der Waals surface area contributed by atoms with Crippen molar-refractivity contribution < 1.29 is 34.1 Å². The number of β-lactam (4-membered cyclic amide) rings is 1. The summed E-state index contributed by atoms with van der Waals surface area (Å²) in [6.45, 7) is 0.263. The molecule has 0 saturated carbocycles. The second-order valence-electron chi connectivity index (χ2n) is 7.25. The molecule has 2 fully saturated rings. The Labute approximate surface area is 165 Å². The van der Waals surface area contributed by atoms with Crippen LogP contribution in [0.1, 0.15) is 12.8 Å². The van der Waals surface area contributed by atoms with Crippen molar-refractivity contribution in [2.45, 2.75) is 24.9 Å². The number of ether oxygens (including phenoxy) is 1. The second kappa shape index (κ2) is 6.80. The Kier molecular flexibility index (Phi) is 4.40. The number of likely N-dealkylation sites (tertiary alicyclic amines) is 1. The zero-order chi connectivity index (χ0) is 20.9. The molecule has 0 radical (unpaired) electrons. The van der Waals surface area contributed by atoms with Crippen LogP contribution in [0, 0.1) is 5.92 Å². The summed E-state index contributed by atoms with van der Waals surface area (Å²) in [6.07, 6.45) is 0.0835. The van der Waals surface area contributed by atoms with Gasteiger partial charge in [-0.05, 0) is 36.3 Å². The number of anilines is 1. The molecule has 29 heavy (non-hydrogen) atoms. The summed E-state index contributed by atoms with van der Waals surface area (Å²) in [7, 11) is 1.21. The number of carboxylic acids is 1. The molecule has 1 aromatic rings. The molecule has 3 aliphatic rings. The van der Waals surface area contributed by atoms with Crippen molar-refractivity contribution in [1.29, 1.82) is 0 Å². The lowest BCUT2D eigenvalue weighted by atomic mass is 9.78. The number of rotatable bonds is 4. The van der Waals surface area contributed by atoms with E-state index in [0.29, 0.717) is 17.7 Å². The van der Waals surface area contributed by atoms with E-state index in [9.17, 15) is 29.4 Å². The van der Waals surface area contributed by atoms with Gasteiger partial charge in [-0.1, -0.05) is 0 Å².